The molecule has 27 heavy (non-hydrogen) atoms. The van der Waals surface area contributed by atoms with E-state index in [1.54, 1.807) is 0 Å². The van der Waals surface area contributed by atoms with E-state index in [1.165, 1.54) is 71.0 Å². The summed E-state index contributed by atoms with van der Waals surface area (Å²) in [5.74, 6) is -14.4. The lowest BCUT2D eigenvalue weighted by molar-refractivity contribution is -0.887. The summed E-state index contributed by atoms with van der Waals surface area (Å²) in [6, 6.07) is 0. The van der Waals surface area contributed by atoms with Gasteiger partial charge in [-0.2, -0.15) is 0 Å². The quantitative estimate of drug-likeness (QED) is 0.318. The van der Waals surface area contributed by atoms with Crippen molar-refractivity contribution in [2.24, 2.45) is 0 Å². The van der Waals surface area contributed by atoms with Crippen LogP contribution in [0.5, 0.6) is 0 Å². The van der Waals surface area contributed by atoms with Crippen LogP contribution in [-0.4, -0.2) is 25.6 Å². The summed E-state index contributed by atoms with van der Waals surface area (Å²) in [7, 11) is 0. The maximum Gasteiger partial charge on any atom is 0.200 e. The molecule has 0 aromatic heterocycles. The Labute approximate surface area is 156 Å². The lowest BCUT2D eigenvalue weighted by atomic mass is 10.1. The smallest absolute Gasteiger partial charge is 0.200 e. The summed E-state index contributed by atoms with van der Waals surface area (Å²) in [6.07, 6.45) is 11.7. The SMILES string of the molecule is CCCCCCCC[NH+]1CCCC1.O=C([O-])c1c(F)c(F)c(F)c(F)c1F. The average Bonchev–Trinajstić information content (AvgIpc) is 3.15. The normalized spacial score (nSPS) is 14.1. The van der Waals surface area contributed by atoms with Gasteiger partial charge in [-0.25, -0.2) is 22.0 Å². The Bertz CT molecular complexity index is 590. The first kappa shape index (κ1) is 23.3. The van der Waals surface area contributed by atoms with Crippen LogP contribution >= 0.6 is 0 Å². The molecule has 1 aliphatic heterocycles. The predicted octanol–water partition coefficient (Wildman–Crippen LogP) is 2.77. The van der Waals surface area contributed by atoms with E-state index in [9.17, 15) is 31.9 Å². The van der Waals surface area contributed by atoms with E-state index >= 15 is 0 Å². The summed E-state index contributed by atoms with van der Waals surface area (Å²) < 4.78 is 62.0. The molecule has 154 valence electrons. The molecule has 8 heteroatoms. The zero-order valence-electron chi connectivity index (χ0n) is 15.5. The first-order chi connectivity index (χ1) is 12.8. The van der Waals surface area contributed by atoms with Crippen molar-refractivity contribution >= 4 is 5.97 Å². The minimum Gasteiger partial charge on any atom is -0.545 e. The first-order valence-electron chi connectivity index (χ1n) is 9.37. The van der Waals surface area contributed by atoms with Gasteiger partial charge in [0.2, 0.25) is 5.82 Å². The Morgan fingerprint density at radius 1 is 0.815 bits per heavy atom. The van der Waals surface area contributed by atoms with Crippen LogP contribution in [0.2, 0.25) is 0 Å². The Hall–Kier alpha value is -1.70. The minimum atomic E-state index is -2.47. The molecule has 0 bridgehead atoms. The summed E-state index contributed by atoms with van der Waals surface area (Å²) in [4.78, 5) is 11.9. The van der Waals surface area contributed by atoms with Crippen LogP contribution < -0.4 is 10.0 Å². The average molecular weight is 395 g/mol. The Morgan fingerprint density at radius 2 is 1.26 bits per heavy atom. The summed E-state index contributed by atoms with van der Waals surface area (Å²) in [5.41, 5.74) is -1.97. The molecule has 1 fully saturated rings. The first-order valence-corrected chi connectivity index (χ1v) is 9.37. The molecule has 1 aromatic carbocycles. The lowest BCUT2D eigenvalue weighted by Gasteiger charge is -2.11. The molecule has 2 rings (SSSR count). The molecule has 1 N–H and O–H groups in total. The van der Waals surface area contributed by atoms with Crippen LogP contribution in [0.1, 0.15) is 68.6 Å². The van der Waals surface area contributed by atoms with Gasteiger partial charge in [0.25, 0.3) is 0 Å². The maximum absolute atomic E-state index is 12.5. The maximum atomic E-state index is 12.5. The van der Waals surface area contributed by atoms with E-state index in [1.807, 2.05) is 4.90 Å². The molecule has 3 nitrogen and oxygen atoms in total. The highest BCUT2D eigenvalue weighted by molar-refractivity contribution is 5.86. The van der Waals surface area contributed by atoms with Gasteiger partial charge >= 0.3 is 0 Å². The fraction of sp³-hybridized carbons (Fsp3) is 0.632. The lowest BCUT2D eigenvalue weighted by Crippen LogP contribution is -3.09. The number of carboxylic acids is 1. The second-order valence-electron chi connectivity index (χ2n) is 6.71. The van der Waals surface area contributed by atoms with E-state index in [-0.39, 0.29) is 0 Å². The molecule has 1 aromatic rings. The third-order valence-electron chi connectivity index (χ3n) is 4.61. The summed E-state index contributed by atoms with van der Waals surface area (Å²) in [6.45, 7) is 6.64. The van der Waals surface area contributed by atoms with Crippen molar-refractivity contribution in [3.05, 3.63) is 34.6 Å². The monoisotopic (exact) mass is 395 g/mol. The number of carbonyl (C=O) groups is 1. The number of carboxylic acid groups (broad SMARTS) is 1. The van der Waals surface area contributed by atoms with Gasteiger partial charge in [-0.1, -0.05) is 32.6 Å². The molecule has 0 amide bonds. The predicted molar refractivity (Wildman–Crippen MR) is 88.7 cm³/mol. The van der Waals surface area contributed by atoms with Gasteiger partial charge in [0, 0.05) is 12.8 Å². The highest BCUT2D eigenvalue weighted by Gasteiger charge is 2.25. The van der Waals surface area contributed by atoms with Crippen LogP contribution in [0.25, 0.3) is 0 Å². The van der Waals surface area contributed by atoms with Gasteiger partial charge in [0.15, 0.2) is 23.3 Å². The number of carbonyl (C=O) groups excluding carboxylic acids is 1. The second kappa shape index (κ2) is 11.9. The van der Waals surface area contributed by atoms with Crippen LogP contribution in [0, 0.1) is 29.1 Å². The third kappa shape index (κ3) is 7.08. The van der Waals surface area contributed by atoms with Crippen LogP contribution in [0.4, 0.5) is 22.0 Å². The molecule has 1 saturated heterocycles. The van der Waals surface area contributed by atoms with E-state index < -0.39 is 40.6 Å². The van der Waals surface area contributed by atoms with Gasteiger partial charge in [-0.3, -0.25) is 0 Å². The zero-order chi connectivity index (χ0) is 20.4. The van der Waals surface area contributed by atoms with E-state index in [0.29, 0.717) is 0 Å². The van der Waals surface area contributed by atoms with Crippen molar-refractivity contribution in [2.75, 3.05) is 19.6 Å². The van der Waals surface area contributed by atoms with Crippen LogP contribution in [0.15, 0.2) is 0 Å². The van der Waals surface area contributed by atoms with Crippen molar-refractivity contribution in [2.45, 2.75) is 58.3 Å². The number of halogens is 5. The highest BCUT2D eigenvalue weighted by Crippen LogP contribution is 2.22. The Balaban J connectivity index is 0.000000271. The number of hydrogen-bond donors (Lipinski definition) is 1. The van der Waals surface area contributed by atoms with Crippen molar-refractivity contribution in [3.63, 3.8) is 0 Å². The minimum absolute atomic E-state index is 1.37. The van der Waals surface area contributed by atoms with E-state index in [2.05, 4.69) is 6.92 Å². The molecule has 1 aliphatic rings. The molecule has 0 radical (unpaired) electrons. The molecule has 0 aliphatic carbocycles. The molecule has 1 heterocycles. The largest absolute Gasteiger partial charge is 0.545 e. The number of nitrogens with one attached hydrogen (secondary N) is 1. The number of quaternary nitrogens is 1. The number of likely N-dealkylation sites (tertiary alicyclic amines) is 1. The van der Waals surface area contributed by atoms with Gasteiger partial charge in [-0.15, -0.1) is 0 Å². The van der Waals surface area contributed by atoms with Gasteiger partial charge in [0.1, 0.15) is 0 Å². The Morgan fingerprint density at radius 3 is 1.74 bits per heavy atom. The molecular weight excluding hydrogens is 369 g/mol. The van der Waals surface area contributed by atoms with Crippen LogP contribution in [-0.2, 0) is 0 Å². The zero-order valence-corrected chi connectivity index (χ0v) is 15.5. The number of rotatable bonds is 8. The molecular formula is C19H26F5NO2. The van der Waals surface area contributed by atoms with Crippen LogP contribution in [0.3, 0.4) is 0 Å². The van der Waals surface area contributed by atoms with E-state index in [0.717, 1.165) is 0 Å². The standard InChI is InChI=1S/C12H25N.C7HF5O2/c1-2-3-4-5-6-7-10-13-11-8-9-12-13;8-2-1(7(13)14)3(9)5(11)6(12)4(2)10/h2-12H2,1H3;(H,13,14). The fourth-order valence-electron chi connectivity index (χ4n) is 3.06. The number of benzene rings is 1. The Kier molecular flexibility index (Phi) is 10.3. The van der Waals surface area contributed by atoms with Gasteiger partial charge in [-0.05, 0) is 12.8 Å². The van der Waals surface area contributed by atoms with Crippen molar-refractivity contribution < 1.29 is 36.8 Å². The molecule has 0 spiro atoms. The molecule has 0 unspecified atom stereocenters. The summed E-state index contributed by atoms with van der Waals surface area (Å²) >= 11 is 0. The van der Waals surface area contributed by atoms with Crippen molar-refractivity contribution in [3.8, 4) is 0 Å². The molecule has 0 atom stereocenters. The van der Waals surface area contributed by atoms with Crippen molar-refractivity contribution in [1.29, 1.82) is 0 Å². The van der Waals surface area contributed by atoms with Crippen molar-refractivity contribution in [1.82, 2.24) is 0 Å². The van der Waals surface area contributed by atoms with E-state index in [4.69, 9.17) is 0 Å². The third-order valence-corrected chi connectivity index (χ3v) is 4.61. The second-order valence-corrected chi connectivity index (χ2v) is 6.71. The fourth-order valence-corrected chi connectivity index (χ4v) is 3.06. The topological polar surface area (TPSA) is 44.6 Å². The summed E-state index contributed by atoms with van der Waals surface area (Å²) in [5, 5.41) is 10.0. The van der Waals surface area contributed by atoms with Gasteiger partial charge in [0.05, 0.1) is 31.2 Å². The number of aromatic carboxylic acids is 1. The molecule has 0 saturated carbocycles. The highest BCUT2D eigenvalue weighted by atomic mass is 19.2. The number of hydrogen-bond acceptors (Lipinski definition) is 2. The number of unbranched alkanes of at least 4 members (excludes halogenated alkanes) is 5. The van der Waals surface area contributed by atoms with Gasteiger partial charge < -0.3 is 14.8 Å².